The van der Waals surface area contributed by atoms with Crippen LogP contribution in [0.2, 0.25) is 5.02 Å². The molecule has 1 saturated heterocycles. The van der Waals surface area contributed by atoms with Gasteiger partial charge in [0.2, 0.25) is 11.1 Å². The lowest BCUT2D eigenvalue weighted by Crippen LogP contribution is -2.35. The van der Waals surface area contributed by atoms with Gasteiger partial charge in [-0.3, -0.25) is 15.0 Å². The van der Waals surface area contributed by atoms with Crippen molar-refractivity contribution in [1.82, 2.24) is 9.91 Å². The van der Waals surface area contributed by atoms with Crippen molar-refractivity contribution in [2.75, 3.05) is 13.1 Å². The van der Waals surface area contributed by atoms with Gasteiger partial charge in [-0.25, -0.2) is 0 Å². The number of hydrogen-bond acceptors (Lipinski definition) is 6. The molecular formula is C25H22ClN5O3S. The number of hydrogen-bond donors (Lipinski definition) is 1. The zero-order valence-corrected chi connectivity index (χ0v) is 20.3. The Hall–Kier alpha value is -3.43. The summed E-state index contributed by atoms with van der Waals surface area (Å²) in [6.07, 6.45) is 3.73. The number of carbonyl (C=O) groups excluding carboxylic acids is 2. The number of amides is 2. The maximum absolute atomic E-state index is 12.7. The standard InChI is InChI=1S/C25H22ClN5O3S/c26-19-13-17(8-9-20(19)34-15-16-6-2-1-3-7-16)12-18-23(27)31-25(28-24(18)33)35-21(29-31)14-22(32)30-10-4-5-11-30/h1-3,6-9,12-13,27H,4-5,10-11,14-15H2. The highest BCUT2D eigenvalue weighted by atomic mass is 35.5. The number of aliphatic imine (C=N–C) groups is 1. The lowest BCUT2D eigenvalue weighted by Gasteiger charge is -2.20. The van der Waals surface area contributed by atoms with E-state index in [2.05, 4.69) is 10.1 Å². The Morgan fingerprint density at radius 3 is 2.69 bits per heavy atom. The molecule has 0 aromatic heterocycles. The van der Waals surface area contributed by atoms with Crippen LogP contribution in [0.5, 0.6) is 5.75 Å². The molecule has 0 spiro atoms. The molecule has 1 fully saturated rings. The number of likely N-dealkylation sites (tertiary alicyclic amines) is 1. The maximum atomic E-state index is 12.7. The van der Waals surface area contributed by atoms with Crippen LogP contribution in [0.15, 0.2) is 64.2 Å². The molecule has 10 heteroatoms. The van der Waals surface area contributed by atoms with E-state index in [1.165, 1.54) is 5.01 Å². The molecular weight excluding hydrogens is 486 g/mol. The van der Waals surface area contributed by atoms with Gasteiger partial charge in [-0.1, -0.05) is 48.0 Å². The van der Waals surface area contributed by atoms with Crippen molar-refractivity contribution in [1.29, 1.82) is 5.41 Å². The van der Waals surface area contributed by atoms with Crippen LogP contribution in [-0.4, -0.2) is 50.9 Å². The molecule has 0 unspecified atom stereocenters. The molecule has 0 radical (unpaired) electrons. The summed E-state index contributed by atoms with van der Waals surface area (Å²) in [6, 6.07) is 14.9. The zero-order valence-electron chi connectivity index (χ0n) is 18.7. The molecule has 3 heterocycles. The SMILES string of the molecule is N=C1C(=Cc2ccc(OCc3ccccc3)c(Cl)c2)C(=O)N=C2SC(CC(=O)N3CCCC3)=NN12. The average Bonchev–Trinajstić information content (AvgIpc) is 3.52. The van der Waals surface area contributed by atoms with E-state index in [-0.39, 0.29) is 23.7 Å². The van der Waals surface area contributed by atoms with Crippen LogP contribution in [0.25, 0.3) is 6.08 Å². The minimum absolute atomic E-state index is 0.00651. The van der Waals surface area contributed by atoms with Gasteiger partial charge in [-0.05, 0) is 53.9 Å². The molecule has 8 nitrogen and oxygen atoms in total. The van der Waals surface area contributed by atoms with Crippen LogP contribution in [0.4, 0.5) is 0 Å². The first-order valence-electron chi connectivity index (χ1n) is 11.2. The molecule has 0 bridgehead atoms. The second kappa shape index (κ2) is 10.1. The van der Waals surface area contributed by atoms with Crippen molar-refractivity contribution in [2.45, 2.75) is 25.9 Å². The summed E-state index contributed by atoms with van der Waals surface area (Å²) in [4.78, 5) is 31.1. The fraction of sp³-hybridized carbons (Fsp3) is 0.240. The minimum atomic E-state index is -0.531. The number of nitrogens with one attached hydrogen (secondary N) is 1. The second-order valence-electron chi connectivity index (χ2n) is 8.24. The first-order valence-corrected chi connectivity index (χ1v) is 12.4. The number of carbonyl (C=O) groups is 2. The number of thioether (sulfide) groups is 1. The van der Waals surface area contributed by atoms with Crippen LogP contribution in [0.3, 0.4) is 0 Å². The van der Waals surface area contributed by atoms with E-state index in [0.29, 0.717) is 33.2 Å². The largest absolute Gasteiger partial charge is 0.487 e. The second-order valence-corrected chi connectivity index (χ2v) is 9.69. The number of amidine groups is 2. The fourth-order valence-electron chi connectivity index (χ4n) is 3.94. The number of ether oxygens (including phenoxy) is 1. The summed E-state index contributed by atoms with van der Waals surface area (Å²) in [6.45, 7) is 1.91. The summed E-state index contributed by atoms with van der Waals surface area (Å²) in [5.41, 5.74) is 1.75. The number of benzene rings is 2. The van der Waals surface area contributed by atoms with Gasteiger partial charge < -0.3 is 9.64 Å². The van der Waals surface area contributed by atoms with Crippen molar-refractivity contribution in [3.63, 3.8) is 0 Å². The minimum Gasteiger partial charge on any atom is -0.487 e. The van der Waals surface area contributed by atoms with Crippen molar-refractivity contribution < 1.29 is 14.3 Å². The quantitative estimate of drug-likeness (QED) is 0.578. The average molecular weight is 508 g/mol. The van der Waals surface area contributed by atoms with Crippen molar-refractivity contribution in [3.05, 3.63) is 70.3 Å². The zero-order chi connectivity index (χ0) is 24.4. The lowest BCUT2D eigenvalue weighted by molar-refractivity contribution is -0.128. The highest BCUT2D eigenvalue weighted by Crippen LogP contribution is 2.31. The lowest BCUT2D eigenvalue weighted by atomic mass is 10.1. The Morgan fingerprint density at radius 2 is 1.94 bits per heavy atom. The molecule has 2 aromatic rings. The van der Waals surface area contributed by atoms with Gasteiger partial charge >= 0.3 is 0 Å². The van der Waals surface area contributed by atoms with E-state index in [9.17, 15) is 9.59 Å². The molecule has 2 amide bonds. The Kier molecular flexibility index (Phi) is 6.70. The number of halogens is 1. The normalized spacial score (nSPS) is 18.6. The fourth-order valence-corrected chi connectivity index (χ4v) is 5.06. The third kappa shape index (κ3) is 5.16. The van der Waals surface area contributed by atoms with Gasteiger partial charge in [0.25, 0.3) is 5.91 Å². The maximum Gasteiger partial charge on any atom is 0.283 e. The van der Waals surface area contributed by atoms with Crippen LogP contribution in [0, 0.1) is 5.41 Å². The number of rotatable bonds is 6. The molecule has 1 N–H and O–H groups in total. The molecule has 35 heavy (non-hydrogen) atoms. The predicted molar refractivity (Wildman–Crippen MR) is 138 cm³/mol. The van der Waals surface area contributed by atoms with E-state index >= 15 is 0 Å². The molecule has 2 aromatic carbocycles. The van der Waals surface area contributed by atoms with E-state index in [1.54, 1.807) is 24.3 Å². The highest BCUT2D eigenvalue weighted by molar-refractivity contribution is 8.27. The van der Waals surface area contributed by atoms with Crippen LogP contribution < -0.4 is 4.74 Å². The summed E-state index contributed by atoms with van der Waals surface area (Å²) >= 11 is 7.56. The van der Waals surface area contributed by atoms with Gasteiger partial charge in [-0.2, -0.15) is 15.1 Å². The van der Waals surface area contributed by atoms with E-state index in [4.69, 9.17) is 21.7 Å². The van der Waals surface area contributed by atoms with Gasteiger partial charge in [-0.15, -0.1) is 0 Å². The first-order chi connectivity index (χ1) is 17.0. The Labute approximate surface area is 211 Å². The van der Waals surface area contributed by atoms with E-state index < -0.39 is 5.91 Å². The number of hydrazone groups is 1. The van der Waals surface area contributed by atoms with E-state index in [0.717, 1.165) is 43.3 Å². The van der Waals surface area contributed by atoms with Gasteiger partial charge in [0.1, 0.15) is 17.4 Å². The number of fused-ring (bicyclic) bond motifs is 1. The molecule has 5 rings (SSSR count). The molecule has 178 valence electrons. The Balaban J connectivity index is 1.29. The van der Waals surface area contributed by atoms with Crippen LogP contribution >= 0.6 is 23.4 Å². The third-order valence-electron chi connectivity index (χ3n) is 5.76. The summed E-state index contributed by atoms with van der Waals surface area (Å²) < 4.78 is 5.80. The molecule has 3 aliphatic heterocycles. The van der Waals surface area contributed by atoms with Crippen molar-refractivity contribution in [2.24, 2.45) is 10.1 Å². The topological polar surface area (TPSA) is 98.4 Å². The molecule has 3 aliphatic rings. The summed E-state index contributed by atoms with van der Waals surface area (Å²) in [5, 5.41) is 15.4. The smallest absolute Gasteiger partial charge is 0.283 e. The number of nitrogens with zero attached hydrogens (tertiary/aromatic N) is 4. The Bertz CT molecular complexity index is 1290. The van der Waals surface area contributed by atoms with Crippen molar-refractivity contribution >= 4 is 57.3 Å². The van der Waals surface area contributed by atoms with Crippen LogP contribution in [-0.2, 0) is 16.2 Å². The summed E-state index contributed by atoms with van der Waals surface area (Å²) in [5.74, 6) is -0.0869. The summed E-state index contributed by atoms with van der Waals surface area (Å²) in [7, 11) is 0. The van der Waals surface area contributed by atoms with Gasteiger partial charge in [0, 0.05) is 13.1 Å². The third-order valence-corrected chi connectivity index (χ3v) is 6.97. The van der Waals surface area contributed by atoms with E-state index in [1.807, 2.05) is 35.2 Å². The monoisotopic (exact) mass is 507 g/mol. The van der Waals surface area contributed by atoms with Crippen molar-refractivity contribution in [3.8, 4) is 5.75 Å². The highest BCUT2D eigenvalue weighted by Gasteiger charge is 2.36. The van der Waals surface area contributed by atoms with Gasteiger partial charge in [0.05, 0.1) is 17.0 Å². The molecule has 0 atom stereocenters. The molecule has 0 aliphatic carbocycles. The predicted octanol–water partition coefficient (Wildman–Crippen LogP) is 4.55. The molecule has 0 saturated carbocycles. The van der Waals surface area contributed by atoms with Gasteiger partial charge in [0.15, 0.2) is 5.84 Å². The van der Waals surface area contributed by atoms with Crippen LogP contribution in [0.1, 0.15) is 30.4 Å². The first kappa shape index (κ1) is 23.3. The Morgan fingerprint density at radius 1 is 1.17 bits per heavy atom.